The van der Waals surface area contributed by atoms with Crippen molar-refractivity contribution in [3.05, 3.63) is 48.0 Å². The highest BCUT2D eigenvalue weighted by Gasteiger charge is 2.16. The molecule has 9 nitrogen and oxygen atoms in total. The van der Waals surface area contributed by atoms with E-state index in [1.165, 1.54) is 18.9 Å². The summed E-state index contributed by atoms with van der Waals surface area (Å²) in [5.41, 5.74) is 1.29. The van der Waals surface area contributed by atoms with E-state index in [1.54, 1.807) is 42.6 Å². The molecular weight excluding hydrogens is 420 g/mol. The number of rotatable bonds is 9. The fourth-order valence-corrected chi connectivity index (χ4v) is 3.23. The van der Waals surface area contributed by atoms with Crippen molar-refractivity contribution in [1.82, 2.24) is 5.32 Å². The largest absolute Gasteiger partial charge is 0.495 e. The van der Waals surface area contributed by atoms with E-state index in [9.17, 15) is 9.59 Å². The van der Waals surface area contributed by atoms with Crippen molar-refractivity contribution in [3.63, 3.8) is 0 Å². The molecule has 3 rings (SSSR count). The second kappa shape index (κ2) is 11.0. The number of nitrogens with zero attached hydrogens (tertiary/aromatic N) is 2. The number of hydrogen-bond acceptors (Lipinski definition) is 8. The summed E-state index contributed by atoms with van der Waals surface area (Å²) in [6.45, 7) is 2.08. The second-order valence-electron chi connectivity index (χ2n) is 6.16. The van der Waals surface area contributed by atoms with Crippen LogP contribution in [-0.4, -0.2) is 49.3 Å². The van der Waals surface area contributed by atoms with Gasteiger partial charge in [-0.25, -0.2) is 0 Å². The Bertz CT molecular complexity index is 1010. The van der Waals surface area contributed by atoms with Gasteiger partial charge in [-0.05, 0) is 42.8 Å². The molecule has 0 saturated carbocycles. The van der Waals surface area contributed by atoms with Gasteiger partial charge in [-0.1, -0.05) is 23.9 Å². The number of amidine groups is 1. The van der Waals surface area contributed by atoms with E-state index >= 15 is 0 Å². The average molecular weight is 442 g/mol. The van der Waals surface area contributed by atoms with Crippen LogP contribution in [0, 0.1) is 0 Å². The van der Waals surface area contributed by atoms with Crippen molar-refractivity contribution < 1.29 is 23.8 Å². The van der Waals surface area contributed by atoms with E-state index in [-0.39, 0.29) is 18.4 Å². The van der Waals surface area contributed by atoms with Gasteiger partial charge in [0.25, 0.3) is 5.91 Å². The van der Waals surface area contributed by atoms with E-state index < -0.39 is 0 Å². The summed E-state index contributed by atoms with van der Waals surface area (Å²) >= 11 is 1.30. The molecule has 162 valence electrons. The van der Waals surface area contributed by atoms with Crippen LogP contribution in [-0.2, 0) is 9.59 Å². The molecule has 10 heteroatoms. The van der Waals surface area contributed by atoms with Gasteiger partial charge in [0, 0.05) is 0 Å². The van der Waals surface area contributed by atoms with E-state index in [2.05, 4.69) is 20.8 Å². The molecule has 2 aromatic carbocycles. The lowest BCUT2D eigenvalue weighted by molar-refractivity contribution is -0.118. The third-order valence-corrected chi connectivity index (χ3v) is 4.81. The quantitative estimate of drug-likeness (QED) is 0.456. The Morgan fingerprint density at radius 2 is 2.03 bits per heavy atom. The van der Waals surface area contributed by atoms with Crippen molar-refractivity contribution >= 4 is 40.6 Å². The van der Waals surface area contributed by atoms with Gasteiger partial charge < -0.3 is 24.8 Å². The first-order valence-corrected chi connectivity index (χ1v) is 10.4. The zero-order valence-corrected chi connectivity index (χ0v) is 17.9. The van der Waals surface area contributed by atoms with Crippen molar-refractivity contribution in [3.8, 4) is 17.2 Å². The van der Waals surface area contributed by atoms with Gasteiger partial charge >= 0.3 is 0 Å². The Kier molecular flexibility index (Phi) is 7.88. The summed E-state index contributed by atoms with van der Waals surface area (Å²) < 4.78 is 16.5. The first-order chi connectivity index (χ1) is 15.1. The maximum absolute atomic E-state index is 12.3. The molecule has 1 saturated heterocycles. The third kappa shape index (κ3) is 6.48. The number of carbonyl (C=O) groups is 2. The van der Waals surface area contributed by atoms with Crippen molar-refractivity contribution in [2.45, 2.75) is 6.92 Å². The molecule has 0 unspecified atom stereocenters. The number of hydrogen-bond donors (Lipinski definition) is 2. The minimum Gasteiger partial charge on any atom is -0.495 e. The molecule has 0 aromatic heterocycles. The lowest BCUT2D eigenvalue weighted by atomic mass is 10.2. The summed E-state index contributed by atoms with van der Waals surface area (Å²) in [5, 5.41) is 13.8. The number of amides is 2. The minimum atomic E-state index is -0.329. The molecule has 1 aliphatic heterocycles. The van der Waals surface area contributed by atoms with Crippen molar-refractivity contribution in [1.29, 1.82) is 0 Å². The fraction of sp³-hybridized carbons (Fsp3) is 0.238. The lowest BCUT2D eigenvalue weighted by Crippen LogP contribution is -2.20. The zero-order chi connectivity index (χ0) is 22.1. The summed E-state index contributed by atoms with van der Waals surface area (Å²) in [6.07, 6.45) is 1.54. The molecule has 0 radical (unpaired) electrons. The van der Waals surface area contributed by atoms with E-state index in [4.69, 9.17) is 14.2 Å². The monoisotopic (exact) mass is 442 g/mol. The van der Waals surface area contributed by atoms with E-state index in [1.807, 2.05) is 13.0 Å². The zero-order valence-electron chi connectivity index (χ0n) is 17.1. The number of ether oxygens (including phenoxy) is 3. The Morgan fingerprint density at radius 1 is 1.19 bits per heavy atom. The first kappa shape index (κ1) is 22.2. The summed E-state index contributed by atoms with van der Waals surface area (Å²) in [7, 11) is 1.54. The molecule has 1 heterocycles. The average Bonchev–Trinajstić information content (AvgIpc) is 3.18. The maximum atomic E-state index is 12.3. The molecular formula is C21H22N4O5S. The molecule has 0 bridgehead atoms. The molecule has 2 N–H and O–H groups in total. The Hall–Kier alpha value is -3.53. The van der Waals surface area contributed by atoms with Crippen LogP contribution in [0.15, 0.2) is 52.7 Å². The van der Waals surface area contributed by atoms with Crippen LogP contribution in [0.1, 0.15) is 12.5 Å². The molecule has 31 heavy (non-hydrogen) atoms. The van der Waals surface area contributed by atoms with Crippen LogP contribution in [0.5, 0.6) is 17.2 Å². The Balaban J connectivity index is 1.62. The van der Waals surface area contributed by atoms with Gasteiger partial charge in [-0.15, -0.1) is 5.10 Å². The van der Waals surface area contributed by atoms with Crippen molar-refractivity contribution in [2.24, 2.45) is 10.2 Å². The van der Waals surface area contributed by atoms with Crippen LogP contribution in [0.4, 0.5) is 5.69 Å². The van der Waals surface area contributed by atoms with Gasteiger partial charge in [-0.3, -0.25) is 9.59 Å². The topological polar surface area (TPSA) is 111 Å². The normalized spacial score (nSPS) is 14.5. The number of methoxy groups -OCH3 is 1. The Labute approximate surface area is 183 Å². The smallest absolute Gasteiger partial charge is 0.262 e. The molecule has 2 aromatic rings. The van der Waals surface area contributed by atoms with Crippen LogP contribution in [0.3, 0.4) is 0 Å². The van der Waals surface area contributed by atoms with Gasteiger partial charge in [-0.2, -0.15) is 5.10 Å². The number of para-hydroxylation sites is 2. The summed E-state index contributed by atoms with van der Waals surface area (Å²) in [4.78, 5) is 23.4. The minimum absolute atomic E-state index is 0.0890. The number of thioether (sulfide) groups is 1. The highest BCUT2D eigenvalue weighted by atomic mass is 32.2. The molecule has 0 aliphatic carbocycles. The molecule has 0 atom stereocenters. The van der Waals surface area contributed by atoms with Crippen LogP contribution in [0.2, 0.25) is 0 Å². The fourth-order valence-electron chi connectivity index (χ4n) is 2.60. The molecule has 1 aliphatic rings. The number of nitrogens with one attached hydrogen (secondary N) is 2. The van der Waals surface area contributed by atoms with Gasteiger partial charge in [0.05, 0.1) is 31.4 Å². The van der Waals surface area contributed by atoms with Crippen LogP contribution < -0.4 is 24.8 Å². The molecule has 0 spiro atoms. The second-order valence-corrected chi connectivity index (χ2v) is 7.13. The Morgan fingerprint density at radius 3 is 2.77 bits per heavy atom. The summed E-state index contributed by atoms with van der Waals surface area (Å²) in [5.74, 6) is 1.40. The van der Waals surface area contributed by atoms with Gasteiger partial charge in [0.1, 0.15) is 5.75 Å². The predicted molar refractivity (Wildman–Crippen MR) is 120 cm³/mol. The standard InChI is InChI=1S/C21H22N4O5S/c1-3-29-18-10-14(11-22-25-21-24-20(27)13-31-21)8-9-17(18)30-12-19(26)23-15-6-4-5-7-16(15)28-2/h4-11H,3,12-13H2,1-2H3,(H,23,26)(H,24,25,27). The lowest BCUT2D eigenvalue weighted by Gasteiger charge is -2.13. The molecule has 2 amide bonds. The van der Waals surface area contributed by atoms with Gasteiger partial charge in [0.2, 0.25) is 5.91 Å². The number of benzene rings is 2. The van der Waals surface area contributed by atoms with Crippen LogP contribution >= 0.6 is 11.8 Å². The molecule has 1 fully saturated rings. The highest BCUT2D eigenvalue weighted by molar-refractivity contribution is 8.15. The predicted octanol–water partition coefficient (Wildman–Crippen LogP) is 2.66. The van der Waals surface area contributed by atoms with E-state index in [0.717, 1.165) is 5.56 Å². The summed E-state index contributed by atoms with van der Waals surface area (Å²) in [6, 6.07) is 12.3. The SMILES string of the molecule is CCOc1cc(C=NN=C2NC(=O)CS2)ccc1OCC(=O)Nc1ccccc1OC. The maximum Gasteiger partial charge on any atom is 0.262 e. The van der Waals surface area contributed by atoms with E-state index in [0.29, 0.717) is 40.5 Å². The van der Waals surface area contributed by atoms with Crippen molar-refractivity contribution in [2.75, 3.05) is 31.4 Å². The van der Waals surface area contributed by atoms with Crippen LogP contribution in [0.25, 0.3) is 0 Å². The highest BCUT2D eigenvalue weighted by Crippen LogP contribution is 2.28. The third-order valence-electron chi connectivity index (χ3n) is 3.95. The first-order valence-electron chi connectivity index (χ1n) is 9.45. The number of anilines is 1. The number of carbonyl (C=O) groups excluding carboxylic acids is 2. The van der Waals surface area contributed by atoms with Gasteiger partial charge in [0.15, 0.2) is 23.3 Å².